The number of fused-ring (bicyclic) bond motifs is 2. The summed E-state index contributed by atoms with van der Waals surface area (Å²) >= 11 is 0. The van der Waals surface area contributed by atoms with Crippen molar-refractivity contribution in [1.29, 1.82) is 0 Å². The molecule has 160 valence electrons. The average molecular weight is 420 g/mol. The van der Waals surface area contributed by atoms with Crippen LogP contribution in [0.5, 0.6) is 11.5 Å². The van der Waals surface area contributed by atoms with Crippen LogP contribution in [0.4, 0.5) is 18.9 Å². The fourth-order valence-electron chi connectivity index (χ4n) is 4.03. The number of para-hydroxylation sites is 1. The summed E-state index contributed by atoms with van der Waals surface area (Å²) < 4.78 is 52.9. The van der Waals surface area contributed by atoms with E-state index in [9.17, 15) is 18.3 Å². The van der Waals surface area contributed by atoms with Crippen LogP contribution < -0.4 is 14.8 Å². The third-order valence-electron chi connectivity index (χ3n) is 5.55. The SMILES string of the molecule is CC(C)(CC(O)(CNc1cccc2[nH]ccc12)C(F)(F)F)c1cccc2c1OCO2. The van der Waals surface area contributed by atoms with E-state index < -0.39 is 30.2 Å². The van der Waals surface area contributed by atoms with Crippen molar-refractivity contribution in [2.75, 3.05) is 18.7 Å². The van der Waals surface area contributed by atoms with Crippen LogP contribution in [0.15, 0.2) is 48.7 Å². The zero-order chi connectivity index (χ0) is 21.6. The lowest BCUT2D eigenvalue weighted by Crippen LogP contribution is -2.53. The fraction of sp³-hybridized carbons (Fsp3) is 0.364. The molecule has 5 nitrogen and oxygen atoms in total. The van der Waals surface area contributed by atoms with E-state index in [1.54, 1.807) is 56.4 Å². The molecule has 0 bridgehead atoms. The van der Waals surface area contributed by atoms with Crippen molar-refractivity contribution in [2.24, 2.45) is 0 Å². The molecule has 30 heavy (non-hydrogen) atoms. The van der Waals surface area contributed by atoms with E-state index >= 15 is 0 Å². The van der Waals surface area contributed by atoms with Gasteiger partial charge in [0.25, 0.3) is 0 Å². The summed E-state index contributed by atoms with van der Waals surface area (Å²) in [7, 11) is 0. The van der Waals surface area contributed by atoms with Gasteiger partial charge in [-0.1, -0.05) is 32.0 Å². The van der Waals surface area contributed by atoms with Crippen LogP contribution in [0.25, 0.3) is 10.9 Å². The summed E-state index contributed by atoms with van der Waals surface area (Å²) in [5, 5.41) is 14.4. The number of hydrogen-bond donors (Lipinski definition) is 3. The fourth-order valence-corrected chi connectivity index (χ4v) is 4.03. The number of aliphatic hydroxyl groups is 1. The van der Waals surface area contributed by atoms with E-state index in [4.69, 9.17) is 9.47 Å². The first kappa shape index (κ1) is 20.4. The molecule has 0 aliphatic carbocycles. The molecule has 1 atom stereocenters. The molecular weight excluding hydrogens is 397 g/mol. The molecule has 3 aromatic rings. The molecule has 1 aliphatic rings. The minimum Gasteiger partial charge on any atom is -0.454 e. The molecule has 0 spiro atoms. The maximum atomic E-state index is 14.0. The first-order valence-electron chi connectivity index (χ1n) is 9.59. The highest BCUT2D eigenvalue weighted by molar-refractivity contribution is 5.91. The lowest BCUT2D eigenvalue weighted by Gasteiger charge is -2.38. The minimum absolute atomic E-state index is 0.0220. The van der Waals surface area contributed by atoms with E-state index in [1.807, 2.05) is 6.07 Å². The Morgan fingerprint density at radius 1 is 1.07 bits per heavy atom. The van der Waals surface area contributed by atoms with Gasteiger partial charge in [-0.05, 0) is 36.1 Å². The predicted molar refractivity (Wildman–Crippen MR) is 108 cm³/mol. The number of aromatic nitrogens is 1. The first-order chi connectivity index (χ1) is 14.1. The maximum Gasteiger partial charge on any atom is 0.418 e. The zero-order valence-electron chi connectivity index (χ0n) is 16.6. The Bertz CT molecular complexity index is 1060. The third kappa shape index (κ3) is 3.56. The van der Waals surface area contributed by atoms with Crippen LogP contribution in [0.3, 0.4) is 0 Å². The number of H-pyrrole nitrogens is 1. The van der Waals surface area contributed by atoms with Crippen molar-refractivity contribution in [1.82, 2.24) is 4.98 Å². The Kier molecular flexibility index (Phi) is 4.85. The van der Waals surface area contributed by atoms with Crippen molar-refractivity contribution in [3.8, 4) is 11.5 Å². The second kappa shape index (κ2) is 7.12. The molecule has 8 heteroatoms. The van der Waals surface area contributed by atoms with Crippen LogP contribution in [-0.2, 0) is 5.41 Å². The lowest BCUT2D eigenvalue weighted by atomic mass is 9.74. The lowest BCUT2D eigenvalue weighted by molar-refractivity contribution is -0.260. The molecule has 4 rings (SSSR count). The zero-order valence-corrected chi connectivity index (χ0v) is 16.6. The minimum atomic E-state index is -4.83. The number of nitrogens with one attached hydrogen (secondary N) is 2. The number of rotatable bonds is 6. The number of alkyl halides is 3. The summed E-state index contributed by atoms with van der Waals surface area (Å²) in [4.78, 5) is 3.02. The van der Waals surface area contributed by atoms with Gasteiger partial charge in [0, 0.05) is 28.4 Å². The highest BCUT2D eigenvalue weighted by Crippen LogP contribution is 2.47. The van der Waals surface area contributed by atoms with Crippen LogP contribution in [-0.4, -0.2) is 35.2 Å². The Morgan fingerprint density at radius 2 is 1.83 bits per heavy atom. The molecule has 1 aromatic heterocycles. The van der Waals surface area contributed by atoms with Crippen LogP contribution in [0, 0.1) is 0 Å². The van der Waals surface area contributed by atoms with Gasteiger partial charge in [0.2, 0.25) is 6.79 Å². The summed E-state index contributed by atoms with van der Waals surface area (Å²) in [5.41, 5.74) is -2.12. The van der Waals surface area contributed by atoms with Crippen LogP contribution >= 0.6 is 0 Å². The van der Waals surface area contributed by atoms with E-state index in [0.29, 0.717) is 22.7 Å². The standard InChI is InChI=1S/C22H23F3N2O3/c1-20(2,15-5-3-8-18-19(15)30-13-29-18)11-21(28,22(23,24)25)12-27-17-7-4-6-16-14(17)9-10-26-16/h3-10,26-28H,11-13H2,1-2H3. The van der Waals surface area contributed by atoms with Crippen LogP contribution in [0.2, 0.25) is 0 Å². The second-order valence-corrected chi connectivity index (χ2v) is 8.23. The van der Waals surface area contributed by atoms with Gasteiger partial charge in [0.15, 0.2) is 17.1 Å². The van der Waals surface area contributed by atoms with Gasteiger partial charge in [0.05, 0.1) is 6.54 Å². The van der Waals surface area contributed by atoms with Gasteiger partial charge >= 0.3 is 6.18 Å². The number of hydrogen-bond acceptors (Lipinski definition) is 4. The van der Waals surface area contributed by atoms with Gasteiger partial charge < -0.3 is 24.9 Å². The molecule has 3 N–H and O–H groups in total. The summed E-state index contributed by atoms with van der Waals surface area (Å²) in [6.45, 7) is 2.66. The quantitative estimate of drug-likeness (QED) is 0.527. The molecule has 1 aliphatic heterocycles. The van der Waals surface area contributed by atoms with Crippen molar-refractivity contribution >= 4 is 16.6 Å². The highest BCUT2D eigenvalue weighted by Gasteiger charge is 2.56. The monoisotopic (exact) mass is 420 g/mol. The summed E-state index contributed by atoms with van der Waals surface area (Å²) in [6, 6.07) is 12.2. The van der Waals surface area contributed by atoms with Gasteiger partial charge in [0.1, 0.15) is 0 Å². The van der Waals surface area contributed by atoms with E-state index in [0.717, 1.165) is 10.9 Å². The Hall–Kier alpha value is -2.87. The van der Waals surface area contributed by atoms with Gasteiger partial charge in [-0.3, -0.25) is 0 Å². The highest BCUT2D eigenvalue weighted by atomic mass is 19.4. The largest absolute Gasteiger partial charge is 0.454 e. The molecule has 2 heterocycles. The van der Waals surface area contributed by atoms with Crippen molar-refractivity contribution in [3.63, 3.8) is 0 Å². The molecule has 1 unspecified atom stereocenters. The summed E-state index contributed by atoms with van der Waals surface area (Å²) in [6.07, 6.45) is -3.68. The van der Waals surface area contributed by atoms with Gasteiger partial charge in [-0.25, -0.2) is 0 Å². The van der Waals surface area contributed by atoms with Crippen molar-refractivity contribution < 1.29 is 27.8 Å². The number of ether oxygens (including phenoxy) is 2. The topological polar surface area (TPSA) is 66.5 Å². The Labute approximate surface area is 171 Å². The van der Waals surface area contributed by atoms with Crippen molar-refractivity contribution in [3.05, 3.63) is 54.2 Å². The van der Waals surface area contributed by atoms with Gasteiger partial charge in [-0.15, -0.1) is 0 Å². The first-order valence-corrected chi connectivity index (χ1v) is 9.59. The molecule has 0 radical (unpaired) electrons. The van der Waals surface area contributed by atoms with Crippen LogP contribution in [0.1, 0.15) is 25.8 Å². The van der Waals surface area contributed by atoms with Gasteiger partial charge in [-0.2, -0.15) is 13.2 Å². The molecule has 0 fully saturated rings. The maximum absolute atomic E-state index is 14.0. The molecule has 0 saturated heterocycles. The molecule has 0 saturated carbocycles. The third-order valence-corrected chi connectivity index (χ3v) is 5.55. The second-order valence-electron chi connectivity index (χ2n) is 8.23. The van der Waals surface area contributed by atoms with Crippen molar-refractivity contribution in [2.45, 2.75) is 37.5 Å². The Balaban J connectivity index is 1.62. The normalized spacial score (nSPS) is 15.9. The molecular formula is C22H23F3N2O3. The number of anilines is 1. The average Bonchev–Trinajstić information content (AvgIpc) is 3.33. The molecule has 2 aromatic carbocycles. The smallest absolute Gasteiger partial charge is 0.418 e. The summed E-state index contributed by atoms with van der Waals surface area (Å²) in [5.74, 6) is 0.922. The molecule has 0 amide bonds. The number of halogens is 3. The van der Waals surface area contributed by atoms with E-state index in [2.05, 4.69) is 10.3 Å². The van der Waals surface area contributed by atoms with E-state index in [1.165, 1.54) is 0 Å². The predicted octanol–water partition coefficient (Wildman–Crippen LogP) is 4.97. The number of aromatic amines is 1. The van der Waals surface area contributed by atoms with E-state index in [-0.39, 0.29) is 6.79 Å². The number of benzene rings is 2. The Morgan fingerprint density at radius 3 is 2.60 bits per heavy atom.